The molecule has 2 aromatic heterocycles. The van der Waals surface area contributed by atoms with Gasteiger partial charge in [-0.2, -0.15) is 5.26 Å². The Morgan fingerprint density at radius 3 is 2.79 bits per heavy atom. The fourth-order valence-electron chi connectivity index (χ4n) is 1.02. The van der Waals surface area contributed by atoms with Gasteiger partial charge in [0, 0.05) is 18.5 Å². The summed E-state index contributed by atoms with van der Waals surface area (Å²) in [6.45, 7) is 0. The lowest BCUT2D eigenvalue weighted by atomic mass is 10.4. The predicted octanol–water partition coefficient (Wildman–Crippen LogP) is 1.02. The zero-order valence-electron chi connectivity index (χ0n) is 7.25. The van der Waals surface area contributed by atoms with E-state index in [9.17, 15) is 0 Å². The van der Waals surface area contributed by atoms with Crippen molar-refractivity contribution in [2.75, 3.05) is 5.43 Å². The molecule has 0 aliphatic rings. The van der Waals surface area contributed by atoms with Gasteiger partial charge in [0.15, 0.2) is 0 Å². The van der Waals surface area contributed by atoms with Gasteiger partial charge in [-0.3, -0.25) is 10.1 Å². The van der Waals surface area contributed by atoms with E-state index in [1.165, 1.54) is 6.33 Å². The third-order valence-electron chi connectivity index (χ3n) is 1.63. The fourth-order valence-corrected chi connectivity index (χ4v) is 1.02. The van der Waals surface area contributed by atoms with Gasteiger partial charge >= 0.3 is 0 Å². The number of nitriles is 1. The first kappa shape index (κ1) is 8.26. The van der Waals surface area contributed by atoms with Crippen LogP contribution >= 0.6 is 0 Å². The Bertz CT molecular complexity index is 454. The second-order valence-corrected chi connectivity index (χ2v) is 2.60. The topological polar surface area (TPSA) is 66.5 Å². The number of aromatic nitrogens is 3. The molecule has 0 radical (unpaired) electrons. The highest BCUT2D eigenvalue weighted by Gasteiger charge is 1.96. The SMILES string of the molecule is N#Cc1cc(Nn2cccc2)ncn1. The molecule has 0 aliphatic carbocycles. The van der Waals surface area contributed by atoms with Gasteiger partial charge in [-0.05, 0) is 12.1 Å². The molecule has 2 heterocycles. The fraction of sp³-hybridized carbons (Fsp3) is 0. The first-order valence-electron chi connectivity index (χ1n) is 4.00. The molecule has 0 unspecified atom stereocenters. The largest absolute Gasteiger partial charge is 0.278 e. The molecule has 0 saturated heterocycles. The number of nitrogens with one attached hydrogen (secondary N) is 1. The number of anilines is 1. The molecular weight excluding hydrogens is 178 g/mol. The summed E-state index contributed by atoms with van der Waals surface area (Å²) in [5.41, 5.74) is 3.32. The first-order chi connectivity index (χ1) is 6.88. The molecule has 0 fully saturated rings. The van der Waals surface area contributed by atoms with Crippen molar-refractivity contribution in [2.24, 2.45) is 0 Å². The molecule has 5 nitrogen and oxygen atoms in total. The van der Waals surface area contributed by atoms with Crippen molar-refractivity contribution < 1.29 is 0 Å². The van der Waals surface area contributed by atoms with Crippen LogP contribution in [-0.4, -0.2) is 14.6 Å². The monoisotopic (exact) mass is 185 g/mol. The molecule has 0 spiro atoms. The highest BCUT2D eigenvalue weighted by Crippen LogP contribution is 2.03. The maximum atomic E-state index is 8.61. The van der Waals surface area contributed by atoms with Gasteiger partial charge < -0.3 is 0 Å². The molecule has 0 saturated carbocycles. The maximum absolute atomic E-state index is 8.61. The summed E-state index contributed by atoms with van der Waals surface area (Å²) < 4.78 is 1.74. The van der Waals surface area contributed by atoms with Crippen LogP contribution in [0.25, 0.3) is 0 Å². The van der Waals surface area contributed by atoms with Crippen molar-refractivity contribution in [3.8, 4) is 6.07 Å². The van der Waals surface area contributed by atoms with Gasteiger partial charge in [-0.15, -0.1) is 0 Å². The summed E-state index contributed by atoms with van der Waals surface area (Å²) in [6, 6.07) is 7.31. The van der Waals surface area contributed by atoms with Gasteiger partial charge in [0.05, 0.1) is 0 Å². The minimum Gasteiger partial charge on any atom is -0.278 e. The summed E-state index contributed by atoms with van der Waals surface area (Å²) in [5, 5.41) is 8.61. The number of rotatable bonds is 2. The van der Waals surface area contributed by atoms with Crippen LogP contribution in [0.4, 0.5) is 5.82 Å². The van der Waals surface area contributed by atoms with Crippen LogP contribution in [0, 0.1) is 11.3 Å². The number of hydrogen-bond acceptors (Lipinski definition) is 4. The van der Waals surface area contributed by atoms with Gasteiger partial charge in [0.2, 0.25) is 0 Å². The van der Waals surface area contributed by atoms with E-state index in [4.69, 9.17) is 5.26 Å². The van der Waals surface area contributed by atoms with Crippen LogP contribution in [0.2, 0.25) is 0 Å². The Kier molecular flexibility index (Phi) is 2.11. The second kappa shape index (κ2) is 3.58. The van der Waals surface area contributed by atoms with E-state index in [2.05, 4.69) is 15.4 Å². The molecule has 14 heavy (non-hydrogen) atoms. The first-order valence-corrected chi connectivity index (χ1v) is 4.00. The molecule has 2 aromatic rings. The zero-order chi connectivity index (χ0) is 9.80. The zero-order valence-corrected chi connectivity index (χ0v) is 7.25. The average Bonchev–Trinajstić information content (AvgIpc) is 2.71. The summed E-state index contributed by atoms with van der Waals surface area (Å²) in [4.78, 5) is 7.73. The van der Waals surface area contributed by atoms with Gasteiger partial charge in [-0.25, -0.2) is 9.97 Å². The van der Waals surface area contributed by atoms with Crippen LogP contribution in [0.1, 0.15) is 5.69 Å². The van der Waals surface area contributed by atoms with E-state index in [0.29, 0.717) is 11.5 Å². The molecule has 0 aromatic carbocycles. The molecule has 0 atom stereocenters. The summed E-state index contributed by atoms with van der Waals surface area (Å²) in [5.74, 6) is 0.591. The molecule has 5 heteroatoms. The highest BCUT2D eigenvalue weighted by molar-refractivity contribution is 5.38. The minimum atomic E-state index is 0.342. The third kappa shape index (κ3) is 1.69. The Labute approximate surface area is 80.6 Å². The molecule has 68 valence electrons. The molecule has 1 N–H and O–H groups in total. The van der Waals surface area contributed by atoms with Crippen molar-refractivity contribution in [3.63, 3.8) is 0 Å². The lowest BCUT2D eigenvalue weighted by molar-refractivity contribution is 0.944. The number of nitrogens with zero attached hydrogens (tertiary/aromatic N) is 4. The summed E-state index contributed by atoms with van der Waals surface area (Å²) in [6.07, 6.45) is 5.03. The standard InChI is InChI=1S/C9H7N5/c10-6-8-5-9(12-7-11-8)13-14-3-1-2-4-14/h1-5,7H,(H,11,12,13). The van der Waals surface area contributed by atoms with Crippen molar-refractivity contribution in [2.45, 2.75) is 0 Å². The summed E-state index contributed by atoms with van der Waals surface area (Å²) >= 11 is 0. The van der Waals surface area contributed by atoms with Crippen molar-refractivity contribution >= 4 is 5.82 Å². The van der Waals surface area contributed by atoms with Gasteiger partial charge in [0.25, 0.3) is 0 Å². The van der Waals surface area contributed by atoms with Gasteiger partial charge in [0.1, 0.15) is 23.9 Å². The quantitative estimate of drug-likeness (QED) is 0.758. The van der Waals surface area contributed by atoms with Crippen LogP contribution in [-0.2, 0) is 0 Å². The minimum absolute atomic E-state index is 0.342. The predicted molar refractivity (Wildman–Crippen MR) is 50.2 cm³/mol. The van der Waals surface area contributed by atoms with Crippen molar-refractivity contribution in [1.82, 2.24) is 14.6 Å². The molecule has 2 rings (SSSR count). The lowest BCUT2D eigenvalue weighted by Crippen LogP contribution is -2.07. The molecular formula is C9H7N5. The maximum Gasteiger partial charge on any atom is 0.149 e. The van der Waals surface area contributed by atoms with E-state index < -0.39 is 0 Å². The van der Waals surface area contributed by atoms with Crippen LogP contribution in [0.15, 0.2) is 36.9 Å². The van der Waals surface area contributed by atoms with Crippen LogP contribution < -0.4 is 5.43 Å². The van der Waals surface area contributed by atoms with E-state index >= 15 is 0 Å². The molecule has 0 amide bonds. The highest BCUT2D eigenvalue weighted by atomic mass is 15.4. The Morgan fingerprint density at radius 2 is 2.07 bits per heavy atom. The van der Waals surface area contributed by atoms with E-state index in [1.54, 1.807) is 10.7 Å². The van der Waals surface area contributed by atoms with Crippen LogP contribution in [0.5, 0.6) is 0 Å². The Morgan fingerprint density at radius 1 is 1.29 bits per heavy atom. The second-order valence-electron chi connectivity index (χ2n) is 2.60. The van der Waals surface area contributed by atoms with Crippen molar-refractivity contribution in [3.05, 3.63) is 42.6 Å². The Hall–Kier alpha value is -2.35. The number of hydrogen-bond donors (Lipinski definition) is 1. The van der Waals surface area contributed by atoms with E-state index in [1.807, 2.05) is 30.6 Å². The van der Waals surface area contributed by atoms with E-state index in [-0.39, 0.29) is 0 Å². The molecule has 0 aliphatic heterocycles. The average molecular weight is 185 g/mol. The normalized spacial score (nSPS) is 9.36. The van der Waals surface area contributed by atoms with Gasteiger partial charge in [-0.1, -0.05) is 0 Å². The lowest BCUT2D eigenvalue weighted by Gasteiger charge is -2.05. The van der Waals surface area contributed by atoms with Crippen molar-refractivity contribution in [1.29, 1.82) is 5.26 Å². The van der Waals surface area contributed by atoms with Crippen LogP contribution in [0.3, 0.4) is 0 Å². The van der Waals surface area contributed by atoms with E-state index in [0.717, 1.165) is 0 Å². The Balaban J connectivity index is 2.22. The molecule has 0 bridgehead atoms. The third-order valence-corrected chi connectivity index (χ3v) is 1.63. The smallest absolute Gasteiger partial charge is 0.149 e. The summed E-state index contributed by atoms with van der Waals surface area (Å²) in [7, 11) is 0.